The van der Waals surface area contributed by atoms with Gasteiger partial charge in [-0.1, -0.05) is 12.1 Å². The van der Waals surface area contributed by atoms with E-state index in [2.05, 4.69) is 0 Å². The Morgan fingerprint density at radius 2 is 1.87 bits per heavy atom. The minimum absolute atomic E-state index is 0.0354. The van der Waals surface area contributed by atoms with E-state index >= 15 is 0 Å². The van der Waals surface area contributed by atoms with Crippen LogP contribution in [0.2, 0.25) is 0 Å². The second-order valence-electron chi connectivity index (χ2n) is 5.27. The molecule has 0 amide bonds. The maximum Gasteiger partial charge on any atom is 0.309 e. The molecular formula is C17H18O6. The largest absolute Gasteiger partial charge is 0.496 e. The lowest BCUT2D eigenvalue weighted by Crippen LogP contribution is -2.13. The van der Waals surface area contributed by atoms with Gasteiger partial charge in [-0.05, 0) is 12.1 Å². The van der Waals surface area contributed by atoms with Crippen LogP contribution in [0.3, 0.4) is 0 Å². The highest BCUT2D eigenvalue weighted by Gasteiger charge is 2.37. The molecule has 1 N–H and O–H groups in total. The lowest BCUT2D eigenvalue weighted by Gasteiger charge is -2.21. The molecule has 2 atom stereocenters. The molecular weight excluding hydrogens is 300 g/mol. The van der Waals surface area contributed by atoms with Gasteiger partial charge in [0.1, 0.15) is 23.4 Å². The molecule has 1 aliphatic rings. The lowest BCUT2D eigenvalue weighted by molar-refractivity contribution is -0.142. The van der Waals surface area contributed by atoms with Gasteiger partial charge < -0.3 is 24.1 Å². The smallest absolute Gasteiger partial charge is 0.309 e. The lowest BCUT2D eigenvalue weighted by atomic mass is 9.97. The molecule has 6 nitrogen and oxygen atoms in total. The SMILES string of the molecule is COc1c(C2OC(=O)CC2O)cc(OC)c2c(OC)cccc12. The first-order valence-corrected chi connectivity index (χ1v) is 7.19. The van der Waals surface area contributed by atoms with Crippen molar-refractivity contribution in [3.63, 3.8) is 0 Å². The van der Waals surface area contributed by atoms with Gasteiger partial charge in [-0.3, -0.25) is 4.79 Å². The van der Waals surface area contributed by atoms with Crippen LogP contribution < -0.4 is 14.2 Å². The third-order valence-electron chi connectivity index (χ3n) is 4.00. The van der Waals surface area contributed by atoms with Gasteiger partial charge in [0.15, 0.2) is 6.10 Å². The standard InChI is InChI=1S/C17H18O6/c1-20-12-6-4-5-9-15(12)13(21-2)7-10(16(9)22-3)17-11(18)8-14(19)23-17/h4-7,11,17-18H,8H2,1-3H3. The topological polar surface area (TPSA) is 74.2 Å². The number of benzene rings is 2. The Balaban J connectivity index is 2.29. The van der Waals surface area contributed by atoms with Crippen LogP contribution in [0.1, 0.15) is 18.1 Å². The fourth-order valence-corrected chi connectivity index (χ4v) is 3.00. The van der Waals surface area contributed by atoms with Crippen LogP contribution in [0.15, 0.2) is 24.3 Å². The van der Waals surface area contributed by atoms with Crippen molar-refractivity contribution >= 4 is 16.7 Å². The average Bonchev–Trinajstić information content (AvgIpc) is 2.90. The van der Waals surface area contributed by atoms with E-state index in [1.807, 2.05) is 18.2 Å². The number of carbonyl (C=O) groups excluding carboxylic acids is 1. The average molecular weight is 318 g/mol. The minimum Gasteiger partial charge on any atom is -0.496 e. The summed E-state index contributed by atoms with van der Waals surface area (Å²) in [4.78, 5) is 11.5. The van der Waals surface area contributed by atoms with Crippen molar-refractivity contribution < 1.29 is 28.8 Å². The van der Waals surface area contributed by atoms with Gasteiger partial charge in [0.2, 0.25) is 0 Å². The molecule has 0 saturated carbocycles. The Bertz CT molecular complexity index is 754. The van der Waals surface area contributed by atoms with Crippen LogP contribution in [-0.4, -0.2) is 38.5 Å². The Labute approximate surface area is 133 Å². The molecule has 2 aromatic rings. The van der Waals surface area contributed by atoms with Gasteiger partial charge in [-0.2, -0.15) is 0 Å². The molecule has 122 valence electrons. The number of esters is 1. The van der Waals surface area contributed by atoms with E-state index in [1.165, 1.54) is 7.11 Å². The van der Waals surface area contributed by atoms with E-state index in [9.17, 15) is 9.90 Å². The Hall–Kier alpha value is -2.47. The fourth-order valence-electron chi connectivity index (χ4n) is 3.00. The number of carbonyl (C=O) groups is 1. The summed E-state index contributed by atoms with van der Waals surface area (Å²) >= 11 is 0. The summed E-state index contributed by atoms with van der Waals surface area (Å²) in [5.74, 6) is 1.30. The van der Waals surface area contributed by atoms with Crippen LogP contribution in [0, 0.1) is 0 Å². The second-order valence-corrected chi connectivity index (χ2v) is 5.27. The molecule has 0 aromatic heterocycles. The van der Waals surface area contributed by atoms with E-state index < -0.39 is 18.2 Å². The minimum atomic E-state index is -0.913. The molecule has 2 aromatic carbocycles. The summed E-state index contributed by atoms with van der Waals surface area (Å²) in [6.45, 7) is 0. The number of methoxy groups -OCH3 is 3. The number of aliphatic hydroxyl groups excluding tert-OH is 1. The molecule has 1 saturated heterocycles. The second kappa shape index (κ2) is 5.96. The van der Waals surface area contributed by atoms with Gasteiger partial charge in [-0.15, -0.1) is 0 Å². The molecule has 23 heavy (non-hydrogen) atoms. The van der Waals surface area contributed by atoms with E-state index in [0.29, 0.717) is 22.8 Å². The third-order valence-corrected chi connectivity index (χ3v) is 4.00. The van der Waals surface area contributed by atoms with E-state index in [4.69, 9.17) is 18.9 Å². The summed E-state index contributed by atoms with van der Waals surface area (Å²) in [7, 11) is 4.67. The zero-order valence-corrected chi connectivity index (χ0v) is 13.2. The molecule has 6 heteroatoms. The summed E-state index contributed by atoms with van der Waals surface area (Å²) < 4.78 is 21.7. The number of rotatable bonds is 4. The van der Waals surface area contributed by atoms with Crippen LogP contribution in [0.4, 0.5) is 0 Å². The number of fused-ring (bicyclic) bond motifs is 1. The third kappa shape index (κ3) is 2.45. The van der Waals surface area contributed by atoms with Gasteiger partial charge >= 0.3 is 5.97 Å². The Kier molecular flexibility index (Phi) is 4.00. The summed E-state index contributed by atoms with van der Waals surface area (Å²) in [6, 6.07) is 7.25. The Morgan fingerprint density at radius 3 is 2.43 bits per heavy atom. The normalized spacial score (nSPS) is 20.4. The van der Waals surface area contributed by atoms with E-state index in [-0.39, 0.29) is 6.42 Å². The highest BCUT2D eigenvalue weighted by molar-refractivity contribution is 5.99. The highest BCUT2D eigenvalue weighted by Crippen LogP contribution is 2.46. The van der Waals surface area contributed by atoms with Gasteiger partial charge in [0.05, 0.1) is 33.1 Å². The van der Waals surface area contributed by atoms with Gasteiger partial charge in [-0.25, -0.2) is 0 Å². The van der Waals surface area contributed by atoms with Crippen LogP contribution >= 0.6 is 0 Å². The summed E-state index contributed by atoms with van der Waals surface area (Å²) in [5, 5.41) is 11.6. The zero-order chi connectivity index (χ0) is 16.6. The number of hydrogen-bond donors (Lipinski definition) is 1. The first kappa shape index (κ1) is 15.4. The predicted molar refractivity (Wildman–Crippen MR) is 83.1 cm³/mol. The summed E-state index contributed by atoms with van der Waals surface area (Å²) in [5.41, 5.74) is 0.573. The molecule has 0 radical (unpaired) electrons. The van der Waals surface area contributed by atoms with Gasteiger partial charge in [0, 0.05) is 10.9 Å². The molecule has 1 aliphatic heterocycles. The zero-order valence-electron chi connectivity index (χ0n) is 13.2. The predicted octanol–water partition coefficient (Wildman–Crippen LogP) is 2.21. The number of ether oxygens (including phenoxy) is 4. The molecule has 0 spiro atoms. The number of cyclic esters (lactones) is 1. The van der Waals surface area contributed by atoms with Crippen molar-refractivity contribution in [2.45, 2.75) is 18.6 Å². The van der Waals surface area contributed by atoms with Crippen molar-refractivity contribution in [3.8, 4) is 17.2 Å². The first-order valence-electron chi connectivity index (χ1n) is 7.19. The van der Waals surface area contributed by atoms with Crippen molar-refractivity contribution in [3.05, 3.63) is 29.8 Å². The van der Waals surface area contributed by atoms with Crippen molar-refractivity contribution in [2.24, 2.45) is 0 Å². The van der Waals surface area contributed by atoms with Crippen molar-refractivity contribution in [2.75, 3.05) is 21.3 Å². The molecule has 0 bridgehead atoms. The van der Waals surface area contributed by atoms with E-state index in [0.717, 1.165) is 10.8 Å². The maximum absolute atomic E-state index is 11.5. The Morgan fingerprint density at radius 1 is 1.13 bits per heavy atom. The van der Waals surface area contributed by atoms with Crippen molar-refractivity contribution in [1.29, 1.82) is 0 Å². The number of aliphatic hydroxyl groups is 1. The van der Waals surface area contributed by atoms with Crippen LogP contribution in [0.5, 0.6) is 17.2 Å². The molecule has 3 rings (SSSR count). The molecule has 2 unspecified atom stereocenters. The monoisotopic (exact) mass is 318 g/mol. The van der Waals surface area contributed by atoms with Crippen LogP contribution in [-0.2, 0) is 9.53 Å². The first-order chi connectivity index (χ1) is 11.1. The molecule has 1 fully saturated rings. The quantitative estimate of drug-likeness (QED) is 0.871. The number of hydrogen-bond acceptors (Lipinski definition) is 6. The van der Waals surface area contributed by atoms with Gasteiger partial charge in [0.25, 0.3) is 0 Å². The highest BCUT2D eigenvalue weighted by atomic mass is 16.6. The van der Waals surface area contributed by atoms with Crippen LogP contribution in [0.25, 0.3) is 10.8 Å². The maximum atomic E-state index is 11.5. The van der Waals surface area contributed by atoms with E-state index in [1.54, 1.807) is 20.3 Å². The molecule has 1 heterocycles. The fraction of sp³-hybridized carbons (Fsp3) is 0.353. The summed E-state index contributed by atoms with van der Waals surface area (Å²) in [6.07, 6.45) is -1.72. The van der Waals surface area contributed by atoms with Crippen molar-refractivity contribution in [1.82, 2.24) is 0 Å². The molecule has 0 aliphatic carbocycles.